The molecule has 1 aromatic carbocycles. The molecule has 0 bridgehead atoms. The molecule has 19 heavy (non-hydrogen) atoms. The standard InChI is InChI=1S/C16H23ClN2/c1-11-6-7-19(14(8-11)10-18)16-5-2-12-9-13(17)3-4-15(12)16/h3-4,9,11,14,16H,2,5-8,10,18H2,1H3. The summed E-state index contributed by atoms with van der Waals surface area (Å²) in [6.45, 7) is 4.32. The summed E-state index contributed by atoms with van der Waals surface area (Å²) >= 11 is 6.10. The van der Waals surface area contributed by atoms with Gasteiger partial charge in [0.15, 0.2) is 0 Å². The summed E-state index contributed by atoms with van der Waals surface area (Å²) in [5.74, 6) is 0.816. The highest BCUT2D eigenvalue weighted by Gasteiger charge is 2.34. The van der Waals surface area contributed by atoms with Crippen LogP contribution in [0, 0.1) is 5.92 Å². The molecule has 2 N–H and O–H groups in total. The SMILES string of the molecule is CC1CCN(C2CCc3cc(Cl)ccc32)C(CN)C1. The van der Waals surface area contributed by atoms with Gasteiger partial charge < -0.3 is 5.73 Å². The number of nitrogens with zero attached hydrogens (tertiary/aromatic N) is 1. The Balaban J connectivity index is 1.84. The highest BCUT2D eigenvalue weighted by molar-refractivity contribution is 6.30. The Morgan fingerprint density at radius 2 is 2.21 bits per heavy atom. The smallest absolute Gasteiger partial charge is 0.0408 e. The van der Waals surface area contributed by atoms with E-state index in [0.29, 0.717) is 12.1 Å². The van der Waals surface area contributed by atoms with Gasteiger partial charge in [-0.3, -0.25) is 4.90 Å². The molecule has 2 nitrogen and oxygen atoms in total. The van der Waals surface area contributed by atoms with E-state index in [-0.39, 0.29) is 0 Å². The largest absolute Gasteiger partial charge is 0.329 e. The minimum absolute atomic E-state index is 0.551. The number of rotatable bonds is 2. The average molecular weight is 279 g/mol. The van der Waals surface area contributed by atoms with Gasteiger partial charge in [-0.05, 0) is 61.4 Å². The van der Waals surface area contributed by atoms with Gasteiger partial charge in [0.25, 0.3) is 0 Å². The number of benzene rings is 1. The number of halogens is 1. The highest BCUT2D eigenvalue weighted by atomic mass is 35.5. The van der Waals surface area contributed by atoms with Gasteiger partial charge in [0.2, 0.25) is 0 Å². The summed E-state index contributed by atoms with van der Waals surface area (Å²) in [5.41, 5.74) is 8.93. The molecule has 0 amide bonds. The zero-order chi connectivity index (χ0) is 13.4. The van der Waals surface area contributed by atoms with Gasteiger partial charge in [-0.25, -0.2) is 0 Å². The Morgan fingerprint density at radius 1 is 1.37 bits per heavy atom. The van der Waals surface area contributed by atoms with Gasteiger partial charge in [-0.15, -0.1) is 0 Å². The molecule has 1 aliphatic heterocycles. The van der Waals surface area contributed by atoms with Crippen molar-refractivity contribution in [1.82, 2.24) is 4.90 Å². The second kappa shape index (κ2) is 5.43. The fourth-order valence-electron chi connectivity index (χ4n) is 3.82. The first-order valence-electron chi connectivity index (χ1n) is 7.43. The molecule has 1 saturated heterocycles. The second-order valence-corrected chi connectivity index (χ2v) is 6.59. The van der Waals surface area contributed by atoms with Crippen LogP contribution in [0.3, 0.4) is 0 Å². The lowest BCUT2D eigenvalue weighted by Crippen LogP contribution is -2.47. The van der Waals surface area contributed by atoms with E-state index in [1.54, 1.807) is 0 Å². The zero-order valence-corrected chi connectivity index (χ0v) is 12.4. The predicted octanol–water partition coefficient (Wildman–Crippen LogP) is 3.39. The first kappa shape index (κ1) is 13.4. The molecule has 1 aliphatic carbocycles. The molecule has 0 radical (unpaired) electrons. The lowest BCUT2D eigenvalue weighted by atomic mass is 9.90. The fraction of sp³-hybridized carbons (Fsp3) is 0.625. The fourth-order valence-corrected chi connectivity index (χ4v) is 4.01. The van der Waals surface area contributed by atoms with Crippen molar-refractivity contribution in [2.45, 2.75) is 44.7 Å². The molecular weight excluding hydrogens is 256 g/mol. The van der Waals surface area contributed by atoms with Gasteiger partial charge in [-0.2, -0.15) is 0 Å². The highest BCUT2D eigenvalue weighted by Crippen LogP contribution is 2.40. The molecule has 2 aliphatic rings. The van der Waals surface area contributed by atoms with Crippen LogP contribution >= 0.6 is 11.6 Å². The molecule has 3 heteroatoms. The van der Waals surface area contributed by atoms with Crippen LogP contribution in [0.1, 0.15) is 43.4 Å². The molecule has 0 spiro atoms. The Morgan fingerprint density at radius 3 is 3.00 bits per heavy atom. The van der Waals surface area contributed by atoms with E-state index in [1.807, 2.05) is 6.07 Å². The van der Waals surface area contributed by atoms with Crippen molar-refractivity contribution in [3.63, 3.8) is 0 Å². The summed E-state index contributed by atoms with van der Waals surface area (Å²) in [5, 5.41) is 0.863. The van der Waals surface area contributed by atoms with Gasteiger partial charge in [0.05, 0.1) is 0 Å². The van der Waals surface area contributed by atoms with Crippen LogP contribution in [0.2, 0.25) is 5.02 Å². The van der Waals surface area contributed by atoms with Crippen LogP contribution in [0.4, 0.5) is 0 Å². The molecule has 1 fully saturated rings. The maximum atomic E-state index is 6.10. The van der Waals surface area contributed by atoms with Crippen LogP contribution in [0.15, 0.2) is 18.2 Å². The van der Waals surface area contributed by atoms with Crippen molar-refractivity contribution in [3.05, 3.63) is 34.3 Å². The van der Waals surface area contributed by atoms with Crippen LogP contribution in [0.25, 0.3) is 0 Å². The van der Waals surface area contributed by atoms with E-state index in [0.717, 1.165) is 23.9 Å². The third kappa shape index (κ3) is 2.54. The maximum absolute atomic E-state index is 6.10. The van der Waals surface area contributed by atoms with Crippen molar-refractivity contribution in [3.8, 4) is 0 Å². The molecule has 104 valence electrons. The van der Waals surface area contributed by atoms with E-state index >= 15 is 0 Å². The molecular formula is C16H23ClN2. The van der Waals surface area contributed by atoms with Gasteiger partial charge in [0.1, 0.15) is 0 Å². The van der Waals surface area contributed by atoms with Crippen molar-refractivity contribution in [2.75, 3.05) is 13.1 Å². The van der Waals surface area contributed by atoms with E-state index in [4.69, 9.17) is 17.3 Å². The van der Waals surface area contributed by atoms with Crippen LogP contribution in [-0.4, -0.2) is 24.0 Å². The Hall–Kier alpha value is -0.570. The summed E-state index contributed by atoms with van der Waals surface area (Å²) in [6, 6.07) is 7.51. The monoisotopic (exact) mass is 278 g/mol. The second-order valence-electron chi connectivity index (χ2n) is 6.15. The molecule has 0 aromatic heterocycles. The van der Waals surface area contributed by atoms with Crippen molar-refractivity contribution in [1.29, 1.82) is 0 Å². The number of fused-ring (bicyclic) bond motifs is 1. The summed E-state index contributed by atoms with van der Waals surface area (Å²) in [7, 11) is 0. The minimum atomic E-state index is 0.551. The Bertz CT molecular complexity index is 460. The van der Waals surface area contributed by atoms with E-state index in [9.17, 15) is 0 Å². The number of likely N-dealkylation sites (tertiary alicyclic amines) is 1. The quantitative estimate of drug-likeness (QED) is 0.899. The van der Waals surface area contributed by atoms with E-state index in [1.165, 1.54) is 36.9 Å². The van der Waals surface area contributed by atoms with Crippen LogP contribution in [0.5, 0.6) is 0 Å². The Labute approximate surface area is 120 Å². The van der Waals surface area contributed by atoms with Crippen LogP contribution in [-0.2, 0) is 6.42 Å². The average Bonchev–Trinajstić information content (AvgIpc) is 2.81. The van der Waals surface area contributed by atoms with Gasteiger partial charge >= 0.3 is 0 Å². The number of hydrogen-bond donors (Lipinski definition) is 1. The van der Waals surface area contributed by atoms with Crippen molar-refractivity contribution in [2.24, 2.45) is 11.7 Å². The van der Waals surface area contributed by atoms with Crippen molar-refractivity contribution >= 4 is 11.6 Å². The summed E-state index contributed by atoms with van der Waals surface area (Å²) in [6.07, 6.45) is 4.93. The lowest BCUT2D eigenvalue weighted by molar-refractivity contribution is 0.0759. The van der Waals surface area contributed by atoms with E-state index < -0.39 is 0 Å². The number of nitrogens with two attached hydrogens (primary N) is 1. The molecule has 3 unspecified atom stereocenters. The van der Waals surface area contributed by atoms with E-state index in [2.05, 4.69) is 24.0 Å². The third-order valence-corrected chi connectivity index (χ3v) is 5.08. The van der Waals surface area contributed by atoms with Gasteiger partial charge in [0, 0.05) is 23.7 Å². The van der Waals surface area contributed by atoms with Crippen LogP contribution < -0.4 is 5.73 Å². The lowest BCUT2D eigenvalue weighted by Gasteiger charge is -2.42. The van der Waals surface area contributed by atoms with Gasteiger partial charge in [-0.1, -0.05) is 24.6 Å². The molecule has 1 aromatic rings. The molecule has 1 heterocycles. The summed E-state index contributed by atoms with van der Waals surface area (Å²) in [4.78, 5) is 2.65. The molecule has 3 rings (SSSR count). The first-order valence-corrected chi connectivity index (χ1v) is 7.81. The third-order valence-electron chi connectivity index (χ3n) is 4.85. The minimum Gasteiger partial charge on any atom is -0.329 e. The molecule has 0 saturated carbocycles. The number of aryl methyl sites for hydroxylation is 1. The topological polar surface area (TPSA) is 29.3 Å². The first-order chi connectivity index (χ1) is 9.19. The molecule has 3 atom stereocenters. The maximum Gasteiger partial charge on any atom is 0.0408 e. The number of hydrogen-bond acceptors (Lipinski definition) is 2. The predicted molar refractivity (Wildman–Crippen MR) is 80.5 cm³/mol. The normalized spacial score (nSPS) is 31.4. The summed E-state index contributed by atoms with van der Waals surface area (Å²) < 4.78 is 0. The zero-order valence-electron chi connectivity index (χ0n) is 11.6. The Kier molecular flexibility index (Phi) is 3.84. The van der Waals surface area contributed by atoms with Crippen molar-refractivity contribution < 1.29 is 0 Å². The number of piperidine rings is 1.